The highest BCUT2D eigenvalue weighted by atomic mass is 79.9. The maximum Gasteiger partial charge on any atom is 0.151 e. The maximum atomic E-state index is 10.9. The fourth-order valence-electron chi connectivity index (χ4n) is 2.48. The molecule has 1 aromatic carbocycles. The van der Waals surface area contributed by atoms with Gasteiger partial charge >= 0.3 is 0 Å². The normalized spacial score (nSPS) is 27.8. The van der Waals surface area contributed by atoms with Gasteiger partial charge in [-0.25, -0.2) is 0 Å². The van der Waals surface area contributed by atoms with E-state index in [-0.39, 0.29) is 6.10 Å². The van der Waals surface area contributed by atoms with Crippen molar-refractivity contribution in [3.8, 4) is 5.75 Å². The number of carbonyl (C=O) groups is 1. The minimum Gasteiger partial charge on any atom is -0.490 e. The number of halogens is 1. The quantitative estimate of drug-likeness (QED) is 0.770. The predicted octanol–water partition coefficient (Wildman–Crippen LogP) is 4.47. The number of ether oxygens (including phenoxy) is 1. The van der Waals surface area contributed by atoms with Gasteiger partial charge in [0.1, 0.15) is 5.75 Å². The van der Waals surface area contributed by atoms with Crippen molar-refractivity contribution >= 4 is 22.2 Å². The summed E-state index contributed by atoms with van der Waals surface area (Å²) in [6.07, 6.45) is 4.58. The molecule has 0 heterocycles. The van der Waals surface area contributed by atoms with E-state index in [0.29, 0.717) is 11.5 Å². The highest BCUT2D eigenvalue weighted by Gasteiger charge is 2.25. The van der Waals surface area contributed by atoms with Crippen molar-refractivity contribution in [3.05, 3.63) is 28.2 Å². The Morgan fingerprint density at radius 1 is 1.28 bits per heavy atom. The third kappa shape index (κ3) is 3.14. The molecule has 98 valence electrons. The van der Waals surface area contributed by atoms with Crippen LogP contribution in [0.1, 0.15) is 43.5 Å². The molecule has 0 amide bonds. The van der Waals surface area contributed by atoms with E-state index < -0.39 is 0 Å². The van der Waals surface area contributed by atoms with Crippen molar-refractivity contribution < 1.29 is 9.53 Å². The van der Waals surface area contributed by atoms with Crippen LogP contribution < -0.4 is 4.74 Å². The third-order valence-corrected chi connectivity index (χ3v) is 4.67. The van der Waals surface area contributed by atoms with E-state index in [9.17, 15) is 4.79 Å². The molecule has 0 saturated heterocycles. The minimum absolute atomic E-state index is 0.289. The van der Waals surface area contributed by atoms with E-state index >= 15 is 0 Å². The number of aldehydes is 1. The average Bonchev–Trinajstić information content (AvgIpc) is 2.36. The number of carbonyl (C=O) groups excluding carboxylic acids is 1. The lowest BCUT2D eigenvalue weighted by atomic mass is 9.80. The number of benzene rings is 1. The van der Waals surface area contributed by atoms with Crippen LogP contribution in [-0.2, 0) is 0 Å². The van der Waals surface area contributed by atoms with Gasteiger partial charge in [0.25, 0.3) is 0 Å². The molecule has 3 unspecified atom stereocenters. The summed E-state index contributed by atoms with van der Waals surface area (Å²) in [5.74, 6) is 2.30. The first-order valence-electron chi connectivity index (χ1n) is 6.51. The van der Waals surface area contributed by atoms with Crippen molar-refractivity contribution in [1.82, 2.24) is 0 Å². The molecule has 18 heavy (non-hydrogen) atoms. The maximum absolute atomic E-state index is 10.9. The monoisotopic (exact) mass is 310 g/mol. The number of hydrogen-bond donors (Lipinski definition) is 0. The van der Waals surface area contributed by atoms with Crippen molar-refractivity contribution in [2.24, 2.45) is 11.8 Å². The SMILES string of the molecule is CC1CCC(Oc2ccc(Br)c(C=O)c2)CC1C. The topological polar surface area (TPSA) is 26.3 Å². The van der Waals surface area contributed by atoms with E-state index in [4.69, 9.17) is 4.74 Å². The summed E-state index contributed by atoms with van der Waals surface area (Å²) in [6, 6.07) is 5.59. The van der Waals surface area contributed by atoms with Gasteiger partial charge in [-0.15, -0.1) is 0 Å². The molecule has 0 spiro atoms. The summed E-state index contributed by atoms with van der Waals surface area (Å²) >= 11 is 3.35. The van der Waals surface area contributed by atoms with Crippen LogP contribution in [0.4, 0.5) is 0 Å². The van der Waals surface area contributed by atoms with Gasteiger partial charge in [0.05, 0.1) is 6.10 Å². The summed E-state index contributed by atoms with van der Waals surface area (Å²) in [5, 5.41) is 0. The van der Waals surface area contributed by atoms with Crippen LogP contribution in [0.15, 0.2) is 22.7 Å². The van der Waals surface area contributed by atoms with Gasteiger partial charge in [-0.2, -0.15) is 0 Å². The van der Waals surface area contributed by atoms with Gasteiger partial charge in [0.2, 0.25) is 0 Å². The Bertz CT molecular complexity index is 431. The molecular weight excluding hydrogens is 292 g/mol. The lowest BCUT2D eigenvalue weighted by molar-refractivity contribution is 0.100. The van der Waals surface area contributed by atoms with Crippen molar-refractivity contribution in [3.63, 3.8) is 0 Å². The van der Waals surface area contributed by atoms with Crippen molar-refractivity contribution in [2.75, 3.05) is 0 Å². The molecule has 1 aliphatic carbocycles. The van der Waals surface area contributed by atoms with Crippen LogP contribution >= 0.6 is 15.9 Å². The highest BCUT2D eigenvalue weighted by molar-refractivity contribution is 9.10. The number of rotatable bonds is 3. The van der Waals surface area contributed by atoms with Crippen LogP contribution in [0.3, 0.4) is 0 Å². The summed E-state index contributed by atoms with van der Waals surface area (Å²) in [7, 11) is 0. The molecule has 2 rings (SSSR count). The lowest BCUT2D eigenvalue weighted by Gasteiger charge is -2.32. The van der Waals surface area contributed by atoms with E-state index in [1.807, 2.05) is 12.1 Å². The summed E-state index contributed by atoms with van der Waals surface area (Å²) < 4.78 is 6.81. The predicted molar refractivity (Wildman–Crippen MR) is 76.1 cm³/mol. The van der Waals surface area contributed by atoms with E-state index in [0.717, 1.165) is 35.3 Å². The highest BCUT2D eigenvalue weighted by Crippen LogP contribution is 2.32. The molecule has 0 bridgehead atoms. The molecule has 1 saturated carbocycles. The first-order chi connectivity index (χ1) is 8.60. The Morgan fingerprint density at radius 2 is 2.06 bits per heavy atom. The van der Waals surface area contributed by atoms with Gasteiger partial charge < -0.3 is 4.74 Å². The summed E-state index contributed by atoms with van der Waals surface area (Å²) in [5.41, 5.74) is 0.643. The smallest absolute Gasteiger partial charge is 0.151 e. The number of hydrogen-bond acceptors (Lipinski definition) is 2. The minimum atomic E-state index is 0.289. The van der Waals surface area contributed by atoms with Crippen LogP contribution in [0.25, 0.3) is 0 Å². The molecule has 0 radical (unpaired) electrons. The molecule has 0 aromatic heterocycles. The first kappa shape index (κ1) is 13.6. The largest absolute Gasteiger partial charge is 0.490 e. The lowest BCUT2D eigenvalue weighted by Crippen LogP contribution is -2.28. The summed E-state index contributed by atoms with van der Waals surface area (Å²) in [6.45, 7) is 4.60. The molecule has 3 atom stereocenters. The van der Waals surface area contributed by atoms with Crippen molar-refractivity contribution in [2.45, 2.75) is 39.2 Å². The Morgan fingerprint density at radius 3 is 2.72 bits per heavy atom. The molecule has 1 fully saturated rings. The van der Waals surface area contributed by atoms with Gasteiger partial charge in [-0.1, -0.05) is 29.8 Å². The average molecular weight is 311 g/mol. The molecule has 1 aromatic rings. The summed E-state index contributed by atoms with van der Waals surface area (Å²) in [4.78, 5) is 10.9. The molecule has 1 aliphatic rings. The fraction of sp³-hybridized carbons (Fsp3) is 0.533. The second-order valence-electron chi connectivity index (χ2n) is 5.31. The Hall–Kier alpha value is -0.830. The zero-order valence-electron chi connectivity index (χ0n) is 10.9. The molecule has 2 nitrogen and oxygen atoms in total. The molecule has 3 heteroatoms. The first-order valence-corrected chi connectivity index (χ1v) is 7.31. The standard InChI is InChI=1S/C15H19BrO2/c1-10-3-4-13(7-11(10)2)18-14-5-6-15(16)12(8-14)9-17/h5-6,8-11,13H,3-4,7H2,1-2H3. The fourth-order valence-corrected chi connectivity index (χ4v) is 2.82. The molecule has 0 N–H and O–H groups in total. The van der Waals surface area contributed by atoms with Crippen LogP contribution in [0.5, 0.6) is 5.75 Å². The van der Waals surface area contributed by atoms with Gasteiger partial charge in [-0.3, -0.25) is 4.79 Å². The van der Waals surface area contributed by atoms with E-state index in [1.165, 1.54) is 6.42 Å². The van der Waals surface area contributed by atoms with Gasteiger partial charge in [-0.05, 0) is 49.3 Å². The molecule has 0 aliphatic heterocycles. The van der Waals surface area contributed by atoms with E-state index in [2.05, 4.69) is 29.8 Å². The Labute approximate surface area is 117 Å². The Kier molecular flexibility index (Phi) is 4.44. The van der Waals surface area contributed by atoms with Gasteiger partial charge in [0.15, 0.2) is 6.29 Å². The van der Waals surface area contributed by atoms with E-state index in [1.54, 1.807) is 6.07 Å². The second kappa shape index (κ2) is 5.87. The van der Waals surface area contributed by atoms with Crippen LogP contribution in [0, 0.1) is 11.8 Å². The zero-order chi connectivity index (χ0) is 13.1. The van der Waals surface area contributed by atoms with Crippen LogP contribution in [0.2, 0.25) is 0 Å². The van der Waals surface area contributed by atoms with Crippen LogP contribution in [-0.4, -0.2) is 12.4 Å². The Balaban J connectivity index is 2.03. The van der Waals surface area contributed by atoms with Gasteiger partial charge in [0, 0.05) is 10.0 Å². The molecular formula is C15H19BrO2. The third-order valence-electron chi connectivity index (χ3n) is 3.95. The van der Waals surface area contributed by atoms with Crippen molar-refractivity contribution in [1.29, 1.82) is 0 Å². The zero-order valence-corrected chi connectivity index (χ0v) is 12.4. The second-order valence-corrected chi connectivity index (χ2v) is 6.16.